The largest absolute Gasteiger partial charge is 0.392 e. The second-order valence-corrected chi connectivity index (χ2v) is 5.34. The van der Waals surface area contributed by atoms with E-state index in [1.807, 2.05) is 25.7 Å². The average Bonchev–Trinajstić information content (AvgIpc) is 2.63. The number of amides is 1. The molecule has 1 amide bonds. The van der Waals surface area contributed by atoms with Gasteiger partial charge in [-0.1, -0.05) is 6.92 Å². The van der Waals surface area contributed by atoms with Crippen molar-refractivity contribution >= 4 is 5.91 Å². The molecule has 94 valence electrons. The van der Waals surface area contributed by atoms with Gasteiger partial charge in [-0.2, -0.15) is 0 Å². The molecule has 1 aliphatic rings. The molecule has 1 rings (SSSR count). The molecule has 4 nitrogen and oxygen atoms in total. The van der Waals surface area contributed by atoms with E-state index in [4.69, 9.17) is 0 Å². The number of hydrogen-bond donors (Lipinski definition) is 2. The molecule has 0 aromatic carbocycles. The highest BCUT2D eigenvalue weighted by Gasteiger charge is 2.30. The van der Waals surface area contributed by atoms with Crippen molar-refractivity contribution in [2.75, 3.05) is 13.1 Å². The Labute approximate surface area is 98.0 Å². The van der Waals surface area contributed by atoms with Crippen LogP contribution in [0.3, 0.4) is 0 Å². The second kappa shape index (κ2) is 5.15. The molecule has 1 unspecified atom stereocenters. The van der Waals surface area contributed by atoms with Crippen LogP contribution in [-0.4, -0.2) is 46.7 Å². The maximum Gasteiger partial charge on any atom is 0.237 e. The van der Waals surface area contributed by atoms with E-state index in [1.54, 1.807) is 0 Å². The van der Waals surface area contributed by atoms with Gasteiger partial charge in [0, 0.05) is 18.6 Å². The Bertz CT molecular complexity index is 253. The zero-order valence-corrected chi connectivity index (χ0v) is 10.8. The molecule has 0 radical (unpaired) electrons. The van der Waals surface area contributed by atoms with Crippen LogP contribution in [0.2, 0.25) is 0 Å². The fourth-order valence-electron chi connectivity index (χ4n) is 1.81. The zero-order chi connectivity index (χ0) is 12.3. The standard InChI is InChI=1S/C12H24N2O2/c1-5-12(3,4)13-11(16)9(2)14-7-6-10(15)8-14/h9-10,15H,5-8H2,1-4H3,(H,13,16)/t9?,10-/m0/s1. The molecule has 1 heterocycles. The van der Waals surface area contributed by atoms with E-state index in [0.29, 0.717) is 6.54 Å². The first kappa shape index (κ1) is 13.5. The van der Waals surface area contributed by atoms with Gasteiger partial charge in [-0.3, -0.25) is 9.69 Å². The fraction of sp³-hybridized carbons (Fsp3) is 0.917. The first-order chi connectivity index (χ1) is 7.35. The highest BCUT2D eigenvalue weighted by molar-refractivity contribution is 5.82. The lowest BCUT2D eigenvalue weighted by Gasteiger charge is -2.29. The number of nitrogens with zero attached hydrogens (tertiary/aromatic N) is 1. The van der Waals surface area contributed by atoms with Gasteiger partial charge in [0.05, 0.1) is 12.1 Å². The quantitative estimate of drug-likeness (QED) is 0.746. The zero-order valence-electron chi connectivity index (χ0n) is 10.8. The van der Waals surface area contributed by atoms with Crippen LogP contribution in [-0.2, 0) is 4.79 Å². The number of likely N-dealkylation sites (tertiary alicyclic amines) is 1. The molecule has 1 aliphatic heterocycles. The molecule has 4 heteroatoms. The Morgan fingerprint density at radius 3 is 2.69 bits per heavy atom. The van der Waals surface area contributed by atoms with Crippen molar-refractivity contribution in [2.24, 2.45) is 0 Å². The molecule has 0 aliphatic carbocycles. The summed E-state index contributed by atoms with van der Waals surface area (Å²) in [4.78, 5) is 14.0. The lowest BCUT2D eigenvalue weighted by Crippen LogP contribution is -2.51. The number of β-amino-alcohol motifs (C(OH)–C–C–N with tert-alkyl or cyclic N) is 1. The van der Waals surface area contributed by atoms with Gasteiger partial charge in [-0.25, -0.2) is 0 Å². The molecule has 0 bridgehead atoms. The minimum atomic E-state index is -0.269. The molecule has 2 atom stereocenters. The third-order valence-corrected chi connectivity index (χ3v) is 3.47. The Morgan fingerprint density at radius 1 is 1.62 bits per heavy atom. The Kier molecular flexibility index (Phi) is 4.33. The molecule has 0 saturated carbocycles. The summed E-state index contributed by atoms with van der Waals surface area (Å²) in [7, 11) is 0. The Morgan fingerprint density at radius 2 is 2.25 bits per heavy atom. The molecule has 0 spiro atoms. The molecule has 1 fully saturated rings. The van der Waals surface area contributed by atoms with Gasteiger partial charge in [-0.05, 0) is 33.6 Å². The molecule has 0 aromatic rings. The molecule has 0 aromatic heterocycles. The minimum Gasteiger partial charge on any atom is -0.392 e. The highest BCUT2D eigenvalue weighted by Crippen LogP contribution is 2.14. The molecule has 16 heavy (non-hydrogen) atoms. The van der Waals surface area contributed by atoms with Crippen molar-refractivity contribution in [1.29, 1.82) is 0 Å². The van der Waals surface area contributed by atoms with Gasteiger partial charge in [-0.15, -0.1) is 0 Å². The van der Waals surface area contributed by atoms with Crippen LogP contribution in [0.25, 0.3) is 0 Å². The molecular weight excluding hydrogens is 204 g/mol. The lowest BCUT2D eigenvalue weighted by atomic mass is 10.0. The van der Waals surface area contributed by atoms with Crippen molar-refractivity contribution in [1.82, 2.24) is 10.2 Å². The number of carbonyl (C=O) groups excluding carboxylic acids is 1. The topological polar surface area (TPSA) is 52.6 Å². The average molecular weight is 228 g/mol. The highest BCUT2D eigenvalue weighted by atomic mass is 16.3. The van der Waals surface area contributed by atoms with Crippen molar-refractivity contribution in [3.8, 4) is 0 Å². The third kappa shape index (κ3) is 3.46. The first-order valence-corrected chi connectivity index (χ1v) is 6.10. The maximum absolute atomic E-state index is 12.0. The van der Waals surface area contributed by atoms with Gasteiger partial charge in [0.25, 0.3) is 0 Å². The van der Waals surface area contributed by atoms with Gasteiger partial charge in [0.2, 0.25) is 5.91 Å². The van der Waals surface area contributed by atoms with Crippen molar-refractivity contribution < 1.29 is 9.90 Å². The van der Waals surface area contributed by atoms with Gasteiger partial charge >= 0.3 is 0 Å². The summed E-state index contributed by atoms with van der Waals surface area (Å²) >= 11 is 0. The summed E-state index contributed by atoms with van der Waals surface area (Å²) in [6.07, 6.45) is 1.41. The number of nitrogens with one attached hydrogen (secondary N) is 1. The number of hydrogen-bond acceptors (Lipinski definition) is 3. The van der Waals surface area contributed by atoms with Crippen molar-refractivity contribution in [3.05, 3.63) is 0 Å². The fourth-order valence-corrected chi connectivity index (χ4v) is 1.81. The van der Waals surface area contributed by atoms with Crippen LogP contribution in [0.5, 0.6) is 0 Å². The minimum absolute atomic E-state index is 0.0564. The van der Waals surface area contributed by atoms with E-state index in [0.717, 1.165) is 19.4 Å². The molecular formula is C12H24N2O2. The van der Waals surface area contributed by atoms with Crippen LogP contribution in [0.1, 0.15) is 40.5 Å². The van der Waals surface area contributed by atoms with E-state index in [9.17, 15) is 9.90 Å². The van der Waals surface area contributed by atoms with E-state index in [-0.39, 0.29) is 23.6 Å². The molecule has 1 saturated heterocycles. The van der Waals surface area contributed by atoms with Gasteiger partial charge in [0.15, 0.2) is 0 Å². The van der Waals surface area contributed by atoms with Crippen LogP contribution >= 0.6 is 0 Å². The van der Waals surface area contributed by atoms with E-state index < -0.39 is 0 Å². The monoisotopic (exact) mass is 228 g/mol. The van der Waals surface area contributed by atoms with Gasteiger partial charge < -0.3 is 10.4 Å². The van der Waals surface area contributed by atoms with Crippen molar-refractivity contribution in [3.63, 3.8) is 0 Å². The predicted molar refractivity (Wildman–Crippen MR) is 64.2 cm³/mol. The number of rotatable bonds is 4. The van der Waals surface area contributed by atoms with E-state index in [1.165, 1.54) is 0 Å². The van der Waals surface area contributed by atoms with Crippen LogP contribution in [0.15, 0.2) is 0 Å². The SMILES string of the molecule is CCC(C)(C)NC(=O)C(C)N1CC[C@H](O)C1. The molecule has 2 N–H and O–H groups in total. The second-order valence-electron chi connectivity index (χ2n) is 5.34. The van der Waals surface area contributed by atoms with Crippen LogP contribution < -0.4 is 5.32 Å². The summed E-state index contributed by atoms with van der Waals surface area (Å²) in [5.41, 5.74) is -0.149. The van der Waals surface area contributed by atoms with Crippen molar-refractivity contribution in [2.45, 2.75) is 58.2 Å². The normalized spacial score (nSPS) is 24.4. The first-order valence-electron chi connectivity index (χ1n) is 6.10. The smallest absolute Gasteiger partial charge is 0.237 e. The van der Waals surface area contributed by atoms with E-state index in [2.05, 4.69) is 12.2 Å². The summed E-state index contributed by atoms with van der Waals surface area (Å²) < 4.78 is 0. The summed E-state index contributed by atoms with van der Waals surface area (Å²) in [5, 5.41) is 12.5. The maximum atomic E-state index is 12.0. The Hall–Kier alpha value is -0.610. The lowest BCUT2D eigenvalue weighted by molar-refractivity contribution is -0.127. The van der Waals surface area contributed by atoms with Crippen LogP contribution in [0, 0.1) is 0 Å². The third-order valence-electron chi connectivity index (χ3n) is 3.47. The summed E-state index contributed by atoms with van der Waals surface area (Å²) in [6.45, 7) is 9.43. The van der Waals surface area contributed by atoms with Gasteiger partial charge in [0.1, 0.15) is 0 Å². The Balaban J connectivity index is 2.48. The number of carbonyl (C=O) groups is 1. The predicted octanol–water partition coefficient (Wildman–Crippen LogP) is 0.746. The number of aliphatic hydroxyl groups excluding tert-OH is 1. The van der Waals surface area contributed by atoms with Crippen LogP contribution in [0.4, 0.5) is 0 Å². The summed E-state index contributed by atoms with van der Waals surface area (Å²) in [5.74, 6) is 0.0564. The number of aliphatic hydroxyl groups is 1. The summed E-state index contributed by atoms with van der Waals surface area (Å²) in [6, 6.07) is -0.150. The van der Waals surface area contributed by atoms with E-state index >= 15 is 0 Å².